The van der Waals surface area contributed by atoms with Crippen molar-refractivity contribution in [1.82, 2.24) is 9.78 Å². The monoisotopic (exact) mass is 274 g/mol. The number of hydrogen-bond donors (Lipinski definition) is 1. The lowest BCUT2D eigenvalue weighted by atomic mass is 9.96. The topological polar surface area (TPSA) is 38.1 Å². The molecule has 0 aliphatic carbocycles. The van der Waals surface area contributed by atoms with Gasteiger partial charge in [0.05, 0.1) is 16.4 Å². The summed E-state index contributed by atoms with van der Waals surface area (Å²) in [4.78, 5) is 0. The third kappa shape index (κ3) is 2.61. The van der Waals surface area contributed by atoms with Gasteiger partial charge >= 0.3 is 0 Å². The summed E-state index contributed by atoms with van der Waals surface area (Å²) in [7, 11) is 0. The van der Waals surface area contributed by atoms with Gasteiger partial charge < -0.3 is 5.11 Å². The van der Waals surface area contributed by atoms with Crippen molar-refractivity contribution in [3.63, 3.8) is 0 Å². The molecule has 0 aliphatic rings. The van der Waals surface area contributed by atoms with Crippen LogP contribution in [-0.4, -0.2) is 14.9 Å². The van der Waals surface area contributed by atoms with Crippen LogP contribution < -0.4 is 0 Å². The second-order valence-electron chi connectivity index (χ2n) is 4.40. The zero-order chi connectivity index (χ0) is 11.6. The predicted molar refractivity (Wildman–Crippen MR) is 64.8 cm³/mol. The van der Waals surface area contributed by atoms with E-state index in [4.69, 9.17) is 0 Å². The van der Waals surface area contributed by atoms with Crippen molar-refractivity contribution in [2.75, 3.05) is 0 Å². The van der Waals surface area contributed by atoms with Gasteiger partial charge in [-0.3, -0.25) is 4.68 Å². The summed E-state index contributed by atoms with van der Waals surface area (Å²) in [5, 5.41) is 14.7. The van der Waals surface area contributed by atoms with Gasteiger partial charge in [0, 0.05) is 6.04 Å². The van der Waals surface area contributed by atoms with Gasteiger partial charge in [-0.1, -0.05) is 13.3 Å². The maximum atomic E-state index is 10.4. The molecule has 0 aliphatic heterocycles. The van der Waals surface area contributed by atoms with Crippen molar-refractivity contribution >= 4 is 15.9 Å². The zero-order valence-electron chi connectivity index (χ0n) is 9.79. The van der Waals surface area contributed by atoms with Crippen molar-refractivity contribution in [3.8, 4) is 0 Å². The summed E-state index contributed by atoms with van der Waals surface area (Å²) in [5.41, 5.74) is 0.0632. The molecule has 86 valence electrons. The molecule has 15 heavy (non-hydrogen) atoms. The highest BCUT2D eigenvalue weighted by Crippen LogP contribution is 2.33. The van der Waals surface area contributed by atoms with Crippen LogP contribution in [0.5, 0.6) is 0 Å². The Morgan fingerprint density at radius 2 is 2.20 bits per heavy atom. The second kappa shape index (κ2) is 4.66. The summed E-state index contributed by atoms with van der Waals surface area (Å²) < 4.78 is 2.76. The highest BCUT2D eigenvalue weighted by molar-refractivity contribution is 9.10. The Labute approximate surface area is 99.6 Å². The van der Waals surface area contributed by atoms with E-state index in [1.165, 1.54) is 0 Å². The Bertz CT molecular complexity index is 331. The first kappa shape index (κ1) is 12.7. The molecule has 0 fully saturated rings. The van der Waals surface area contributed by atoms with Gasteiger partial charge in [-0.05, 0) is 43.1 Å². The van der Waals surface area contributed by atoms with Gasteiger partial charge in [0.15, 0.2) is 0 Å². The van der Waals surface area contributed by atoms with E-state index in [9.17, 15) is 5.11 Å². The van der Waals surface area contributed by atoms with Gasteiger partial charge in [-0.15, -0.1) is 0 Å². The molecule has 0 saturated carbocycles. The Morgan fingerprint density at radius 1 is 1.60 bits per heavy atom. The predicted octanol–water partition coefficient (Wildman–Crippen LogP) is 3.23. The van der Waals surface area contributed by atoms with Crippen LogP contribution in [0.15, 0.2) is 10.7 Å². The normalized spacial score (nSPS) is 15.7. The second-order valence-corrected chi connectivity index (χ2v) is 5.26. The highest BCUT2D eigenvalue weighted by atomic mass is 79.9. The molecule has 1 aromatic heterocycles. The first-order valence-corrected chi connectivity index (χ1v) is 6.15. The first-order valence-electron chi connectivity index (χ1n) is 5.36. The zero-order valence-corrected chi connectivity index (χ0v) is 11.4. The lowest BCUT2D eigenvalue weighted by Gasteiger charge is -2.26. The number of aromatic nitrogens is 2. The van der Waals surface area contributed by atoms with Crippen LogP contribution in [0, 0.1) is 0 Å². The third-order valence-corrected chi connectivity index (χ3v) is 3.07. The summed E-state index contributed by atoms with van der Waals surface area (Å²) in [6.45, 7) is 8.03. The molecule has 0 saturated heterocycles. The molecule has 1 atom stereocenters. The maximum Gasteiger partial charge on any atom is 0.105 e. The van der Waals surface area contributed by atoms with Crippen LogP contribution >= 0.6 is 15.9 Å². The molecular formula is C11H19BrN2O. The van der Waals surface area contributed by atoms with Gasteiger partial charge in [0.25, 0.3) is 0 Å². The first-order chi connectivity index (χ1) is 6.90. The van der Waals surface area contributed by atoms with Crippen molar-refractivity contribution in [2.45, 2.75) is 52.2 Å². The molecule has 0 radical (unpaired) electrons. The fourth-order valence-electron chi connectivity index (χ4n) is 1.84. The van der Waals surface area contributed by atoms with E-state index in [0.29, 0.717) is 0 Å². The quantitative estimate of drug-likeness (QED) is 0.916. The summed E-state index contributed by atoms with van der Waals surface area (Å²) in [6, 6.07) is 0.259. The number of halogens is 1. The standard InChI is InChI=1S/C11H19BrN2O/c1-5-6-11(4,15)10-9(12)7-13-14(10)8(2)3/h7-8,15H,5-6H2,1-4H3. The summed E-state index contributed by atoms with van der Waals surface area (Å²) in [6.07, 6.45) is 3.44. The molecule has 0 bridgehead atoms. The van der Waals surface area contributed by atoms with Gasteiger partial charge in [-0.2, -0.15) is 5.10 Å². The molecule has 0 spiro atoms. The third-order valence-electron chi connectivity index (χ3n) is 2.49. The van der Waals surface area contributed by atoms with Crippen LogP contribution in [0.2, 0.25) is 0 Å². The fraction of sp³-hybridized carbons (Fsp3) is 0.727. The number of nitrogens with zero attached hydrogens (tertiary/aromatic N) is 2. The molecule has 1 rings (SSSR count). The largest absolute Gasteiger partial charge is 0.384 e. The molecule has 0 aromatic carbocycles. The molecule has 0 amide bonds. The SMILES string of the molecule is CCCC(C)(O)c1c(Br)cnn1C(C)C. The van der Waals surface area contributed by atoms with Crippen molar-refractivity contribution < 1.29 is 5.11 Å². The van der Waals surface area contributed by atoms with Crippen LogP contribution in [0.4, 0.5) is 0 Å². The van der Waals surface area contributed by atoms with Crippen LogP contribution in [0.3, 0.4) is 0 Å². The van der Waals surface area contributed by atoms with E-state index >= 15 is 0 Å². The van der Waals surface area contributed by atoms with Crippen molar-refractivity contribution in [2.24, 2.45) is 0 Å². The molecule has 1 unspecified atom stereocenters. The smallest absolute Gasteiger partial charge is 0.105 e. The summed E-state index contributed by atoms with van der Waals surface area (Å²) >= 11 is 3.45. The lowest BCUT2D eigenvalue weighted by molar-refractivity contribution is 0.0356. The van der Waals surface area contributed by atoms with Crippen LogP contribution in [0.1, 0.15) is 52.3 Å². The van der Waals surface area contributed by atoms with Crippen molar-refractivity contribution in [1.29, 1.82) is 0 Å². The van der Waals surface area contributed by atoms with Gasteiger partial charge in [0.2, 0.25) is 0 Å². The van der Waals surface area contributed by atoms with E-state index in [-0.39, 0.29) is 6.04 Å². The minimum absolute atomic E-state index is 0.259. The van der Waals surface area contributed by atoms with E-state index < -0.39 is 5.60 Å². The lowest BCUT2D eigenvalue weighted by Crippen LogP contribution is -2.26. The molecular weight excluding hydrogens is 256 g/mol. The number of hydrogen-bond acceptors (Lipinski definition) is 2. The van der Waals surface area contributed by atoms with E-state index in [2.05, 4.69) is 41.8 Å². The molecule has 1 heterocycles. The van der Waals surface area contributed by atoms with Crippen LogP contribution in [-0.2, 0) is 5.60 Å². The van der Waals surface area contributed by atoms with E-state index in [1.54, 1.807) is 6.20 Å². The average Bonchev–Trinajstić information content (AvgIpc) is 2.47. The van der Waals surface area contributed by atoms with Crippen LogP contribution in [0.25, 0.3) is 0 Å². The van der Waals surface area contributed by atoms with E-state index in [0.717, 1.165) is 23.0 Å². The Morgan fingerprint density at radius 3 is 2.67 bits per heavy atom. The number of aliphatic hydroxyl groups is 1. The Hall–Kier alpha value is -0.350. The highest BCUT2D eigenvalue weighted by Gasteiger charge is 2.29. The minimum atomic E-state index is -0.811. The maximum absolute atomic E-state index is 10.4. The van der Waals surface area contributed by atoms with Gasteiger partial charge in [-0.25, -0.2) is 0 Å². The molecule has 4 heteroatoms. The summed E-state index contributed by atoms with van der Waals surface area (Å²) in [5.74, 6) is 0. The van der Waals surface area contributed by atoms with Gasteiger partial charge in [0.1, 0.15) is 5.60 Å². The fourth-order valence-corrected chi connectivity index (χ4v) is 2.54. The Balaban J connectivity index is 3.16. The Kier molecular flexibility index (Phi) is 3.95. The number of rotatable bonds is 4. The minimum Gasteiger partial charge on any atom is -0.384 e. The molecule has 1 N–H and O–H groups in total. The van der Waals surface area contributed by atoms with E-state index in [1.807, 2.05) is 11.6 Å². The molecule has 3 nitrogen and oxygen atoms in total. The van der Waals surface area contributed by atoms with Crippen molar-refractivity contribution in [3.05, 3.63) is 16.4 Å². The molecule has 1 aromatic rings. The average molecular weight is 275 g/mol.